The van der Waals surface area contributed by atoms with Crippen molar-refractivity contribution >= 4 is 5.91 Å². The van der Waals surface area contributed by atoms with Crippen LogP contribution in [0.25, 0.3) is 0 Å². The van der Waals surface area contributed by atoms with E-state index in [1.54, 1.807) is 17.9 Å². The van der Waals surface area contributed by atoms with Gasteiger partial charge in [0, 0.05) is 26.1 Å². The van der Waals surface area contributed by atoms with Crippen molar-refractivity contribution in [2.75, 3.05) is 33.3 Å². The van der Waals surface area contributed by atoms with E-state index in [1.807, 2.05) is 30.1 Å². The van der Waals surface area contributed by atoms with Gasteiger partial charge in [-0.15, -0.1) is 0 Å². The molecule has 0 spiro atoms. The van der Waals surface area contributed by atoms with Gasteiger partial charge in [0.05, 0.1) is 12.6 Å². The lowest BCUT2D eigenvalue weighted by atomic mass is 10.0. The molecule has 3 rings (SSSR count). The average Bonchev–Trinajstić information content (AvgIpc) is 2.68. The van der Waals surface area contributed by atoms with Crippen LogP contribution in [0.3, 0.4) is 0 Å². The van der Waals surface area contributed by atoms with Gasteiger partial charge in [-0.2, -0.15) is 0 Å². The summed E-state index contributed by atoms with van der Waals surface area (Å²) in [4.78, 5) is 29.1. The minimum absolute atomic E-state index is 0.0196. The Labute approximate surface area is 165 Å². The fourth-order valence-corrected chi connectivity index (χ4v) is 3.65. The zero-order valence-corrected chi connectivity index (χ0v) is 16.6. The number of rotatable bonds is 6. The Kier molecular flexibility index (Phi) is 6.65. The molecule has 0 saturated carbocycles. The van der Waals surface area contributed by atoms with Crippen molar-refractivity contribution in [3.63, 3.8) is 0 Å². The number of amides is 1. The van der Waals surface area contributed by atoms with Gasteiger partial charge < -0.3 is 14.4 Å². The van der Waals surface area contributed by atoms with E-state index in [9.17, 15) is 14.7 Å². The van der Waals surface area contributed by atoms with E-state index < -0.39 is 5.63 Å². The van der Waals surface area contributed by atoms with Gasteiger partial charge in [-0.05, 0) is 44.0 Å². The van der Waals surface area contributed by atoms with Crippen LogP contribution in [0, 0.1) is 6.92 Å². The highest BCUT2D eigenvalue weighted by Crippen LogP contribution is 2.15. The third-order valence-corrected chi connectivity index (χ3v) is 5.42. The van der Waals surface area contributed by atoms with Crippen molar-refractivity contribution in [3.05, 3.63) is 69.3 Å². The van der Waals surface area contributed by atoms with E-state index in [1.165, 1.54) is 5.56 Å². The van der Waals surface area contributed by atoms with Crippen LogP contribution in [0.15, 0.2) is 45.6 Å². The maximum atomic E-state index is 12.9. The third kappa shape index (κ3) is 4.69. The lowest BCUT2D eigenvalue weighted by Crippen LogP contribution is -2.55. The van der Waals surface area contributed by atoms with E-state index in [2.05, 4.69) is 12.1 Å². The summed E-state index contributed by atoms with van der Waals surface area (Å²) in [7, 11) is 1.92. The molecule has 1 aromatic carbocycles. The third-order valence-electron chi connectivity index (χ3n) is 5.42. The van der Waals surface area contributed by atoms with Gasteiger partial charge in [-0.1, -0.05) is 30.3 Å². The number of carbonyl (C=O) groups excluding carboxylic acids is 1. The Morgan fingerprint density at radius 2 is 1.96 bits per heavy atom. The van der Waals surface area contributed by atoms with Crippen LogP contribution in [-0.4, -0.2) is 60.1 Å². The molecule has 1 aromatic heterocycles. The number of hydrogen-bond acceptors (Lipinski definition) is 5. The number of aliphatic hydroxyl groups is 1. The predicted octanol–water partition coefficient (Wildman–Crippen LogP) is 1.87. The van der Waals surface area contributed by atoms with Crippen LogP contribution in [0.2, 0.25) is 0 Å². The lowest BCUT2D eigenvalue weighted by molar-refractivity contribution is 0.0416. The maximum absolute atomic E-state index is 12.9. The van der Waals surface area contributed by atoms with E-state index >= 15 is 0 Å². The number of aliphatic hydroxyl groups excluding tert-OH is 1. The summed E-state index contributed by atoms with van der Waals surface area (Å²) in [6.45, 7) is 3.37. The molecule has 1 amide bonds. The largest absolute Gasteiger partial charge is 0.427 e. The van der Waals surface area contributed by atoms with Crippen molar-refractivity contribution < 1.29 is 14.3 Å². The summed E-state index contributed by atoms with van der Waals surface area (Å²) in [5, 5.41) is 9.48. The van der Waals surface area contributed by atoms with E-state index in [-0.39, 0.29) is 24.1 Å². The van der Waals surface area contributed by atoms with Gasteiger partial charge in [0.15, 0.2) is 0 Å². The van der Waals surface area contributed by atoms with Gasteiger partial charge >= 0.3 is 5.63 Å². The van der Waals surface area contributed by atoms with E-state index in [0.29, 0.717) is 37.4 Å². The molecule has 2 heterocycles. The molecule has 0 bridgehead atoms. The van der Waals surface area contributed by atoms with Crippen molar-refractivity contribution in [2.45, 2.75) is 32.2 Å². The SMILES string of the molecule is Cc1cc(CCCc2ccccc2)oc(=O)c1C(=O)N1CCN(C)C(CO)C1. The Morgan fingerprint density at radius 3 is 2.64 bits per heavy atom. The van der Waals surface area contributed by atoms with Gasteiger partial charge in [0.25, 0.3) is 5.91 Å². The van der Waals surface area contributed by atoms with E-state index in [0.717, 1.165) is 12.8 Å². The second kappa shape index (κ2) is 9.17. The average molecular weight is 384 g/mol. The Hall–Kier alpha value is -2.44. The molecular weight excluding hydrogens is 356 g/mol. The zero-order chi connectivity index (χ0) is 20.1. The van der Waals surface area contributed by atoms with Crippen molar-refractivity contribution in [1.29, 1.82) is 0 Å². The molecule has 1 saturated heterocycles. The predicted molar refractivity (Wildman–Crippen MR) is 108 cm³/mol. The smallest absolute Gasteiger partial charge is 0.349 e. The van der Waals surface area contributed by atoms with Crippen molar-refractivity contribution in [1.82, 2.24) is 9.80 Å². The zero-order valence-electron chi connectivity index (χ0n) is 16.6. The number of hydrogen-bond donors (Lipinski definition) is 1. The normalized spacial score (nSPS) is 17.7. The minimum atomic E-state index is -0.570. The molecule has 2 aromatic rings. The molecule has 1 N–H and O–H groups in total. The van der Waals surface area contributed by atoms with E-state index in [4.69, 9.17) is 4.42 Å². The fraction of sp³-hybridized carbons (Fsp3) is 0.455. The molecule has 150 valence electrons. The van der Waals surface area contributed by atoms with Crippen LogP contribution in [0.1, 0.15) is 33.7 Å². The van der Waals surface area contributed by atoms with Crippen LogP contribution < -0.4 is 5.63 Å². The summed E-state index contributed by atoms with van der Waals surface area (Å²) >= 11 is 0. The second-order valence-corrected chi connectivity index (χ2v) is 7.47. The minimum Gasteiger partial charge on any atom is -0.427 e. The Bertz CT molecular complexity index is 863. The number of carbonyl (C=O) groups is 1. The van der Waals surface area contributed by atoms with Crippen LogP contribution in [0.4, 0.5) is 0 Å². The first-order chi connectivity index (χ1) is 13.5. The van der Waals surface area contributed by atoms with Gasteiger partial charge in [0.1, 0.15) is 11.3 Å². The first-order valence-corrected chi connectivity index (χ1v) is 9.77. The number of benzene rings is 1. The molecule has 0 aliphatic carbocycles. The number of likely N-dealkylation sites (N-methyl/N-ethyl adjacent to an activating group) is 1. The molecule has 28 heavy (non-hydrogen) atoms. The molecule has 1 atom stereocenters. The van der Waals surface area contributed by atoms with Crippen LogP contribution in [0.5, 0.6) is 0 Å². The van der Waals surface area contributed by atoms with Gasteiger partial charge in [-0.3, -0.25) is 9.69 Å². The van der Waals surface area contributed by atoms with Crippen molar-refractivity contribution in [2.24, 2.45) is 0 Å². The quantitative estimate of drug-likeness (QED) is 0.823. The van der Waals surface area contributed by atoms with Crippen LogP contribution >= 0.6 is 0 Å². The highest BCUT2D eigenvalue weighted by molar-refractivity contribution is 5.95. The summed E-state index contributed by atoms with van der Waals surface area (Å²) in [6, 6.07) is 11.9. The molecule has 6 nitrogen and oxygen atoms in total. The fourth-order valence-electron chi connectivity index (χ4n) is 3.65. The number of aryl methyl sites for hydroxylation is 3. The maximum Gasteiger partial charge on any atom is 0.349 e. The molecule has 1 fully saturated rings. The molecular formula is C22H28N2O4. The molecule has 6 heteroatoms. The van der Waals surface area contributed by atoms with Gasteiger partial charge in [-0.25, -0.2) is 4.79 Å². The lowest BCUT2D eigenvalue weighted by Gasteiger charge is -2.38. The number of nitrogens with zero attached hydrogens (tertiary/aromatic N) is 2. The Morgan fingerprint density at radius 1 is 1.21 bits per heavy atom. The molecule has 1 aliphatic heterocycles. The first-order valence-electron chi connectivity index (χ1n) is 9.77. The summed E-state index contributed by atoms with van der Waals surface area (Å²) in [5.41, 5.74) is 1.43. The highest BCUT2D eigenvalue weighted by atomic mass is 16.4. The highest BCUT2D eigenvalue weighted by Gasteiger charge is 2.30. The summed E-state index contributed by atoms with van der Waals surface area (Å²) in [5.74, 6) is 0.301. The summed E-state index contributed by atoms with van der Waals surface area (Å²) < 4.78 is 5.45. The monoisotopic (exact) mass is 384 g/mol. The van der Waals surface area contributed by atoms with Gasteiger partial charge in [0.2, 0.25) is 0 Å². The first kappa shape index (κ1) is 20.3. The molecule has 1 unspecified atom stereocenters. The topological polar surface area (TPSA) is 74.0 Å². The molecule has 0 radical (unpaired) electrons. The van der Waals surface area contributed by atoms with Crippen molar-refractivity contribution in [3.8, 4) is 0 Å². The number of piperazine rings is 1. The van der Waals surface area contributed by atoms with Crippen LogP contribution in [-0.2, 0) is 12.8 Å². The second-order valence-electron chi connectivity index (χ2n) is 7.47. The molecule has 1 aliphatic rings. The Balaban J connectivity index is 1.67. The summed E-state index contributed by atoms with van der Waals surface area (Å²) in [6.07, 6.45) is 2.44. The standard InChI is InChI=1S/C22H28N2O4/c1-16-13-19(10-6-9-17-7-4-3-5-8-17)28-22(27)20(16)21(26)24-12-11-23(2)18(14-24)15-25/h3-5,7-8,13,18,25H,6,9-12,14-15H2,1-2H3.